The first-order valence-corrected chi connectivity index (χ1v) is 15.1. The Hall–Kier alpha value is -3.89. The first-order valence-electron chi connectivity index (χ1n) is 13.5. The minimum Gasteiger partial charge on any atom is -0.497 e. The van der Waals surface area contributed by atoms with Crippen LogP contribution in [0.5, 0.6) is 11.5 Å². The molecule has 2 heterocycles. The third-order valence-electron chi connectivity index (χ3n) is 7.03. The highest BCUT2D eigenvalue weighted by Crippen LogP contribution is 2.37. The van der Waals surface area contributed by atoms with Crippen molar-refractivity contribution in [2.75, 3.05) is 20.8 Å². The molecule has 0 amide bonds. The molecule has 5 rings (SSSR count). The average molecular weight is 652 g/mol. The number of carbonyl (C=O) groups excluding carboxylic acids is 1. The molecule has 10 heteroatoms. The number of hydrogen-bond donors (Lipinski definition) is 0. The van der Waals surface area contributed by atoms with Crippen molar-refractivity contribution in [2.24, 2.45) is 10.9 Å². The van der Waals surface area contributed by atoms with Crippen LogP contribution in [0.1, 0.15) is 37.4 Å². The molecule has 2 aromatic carbocycles. The van der Waals surface area contributed by atoms with Crippen molar-refractivity contribution >= 4 is 39.3 Å². The highest BCUT2D eigenvalue weighted by atomic mass is 79.9. The van der Waals surface area contributed by atoms with Crippen LogP contribution in [0.2, 0.25) is 0 Å². The Labute approximate surface area is 256 Å². The summed E-state index contributed by atoms with van der Waals surface area (Å²) in [5, 5.41) is 0. The zero-order chi connectivity index (χ0) is 29.8. The number of fused-ring (bicyclic) bond motifs is 1. The Kier molecular flexibility index (Phi) is 9.13. The second-order valence-corrected chi connectivity index (χ2v) is 11.7. The molecular weight excluding hydrogens is 620 g/mol. The molecule has 2 atom stereocenters. The Morgan fingerprint density at radius 2 is 1.95 bits per heavy atom. The second-order valence-electron chi connectivity index (χ2n) is 9.70. The van der Waals surface area contributed by atoms with E-state index in [1.165, 1.54) is 11.3 Å². The molecule has 0 saturated heterocycles. The number of methoxy groups -OCH3 is 2. The lowest BCUT2D eigenvalue weighted by molar-refractivity contribution is -0.139. The minimum absolute atomic E-state index is 0.0376. The summed E-state index contributed by atoms with van der Waals surface area (Å²) in [4.78, 5) is 32.4. The fourth-order valence-corrected chi connectivity index (χ4v) is 6.71. The Morgan fingerprint density at radius 1 is 1.17 bits per heavy atom. The predicted molar refractivity (Wildman–Crippen MR) is 165 cm³/mol. The molecule has 0 radical (unpaired) electrons. The van der Waals surface area contributed by atoms with E-state index in [1.54, 1.807) is 50.8 Å². The zero-order valence-electron chi connectivity index (χ0n) is 23.8. The fourth-order valence-electron chi connectivity index (χ4n) is 4.99. The number of aromatic nitrogens is 1. The van der Waals surface area contributed by atoms with Crippen molar-refractivity contribution in [2.45, 2.75) is 32.9 Å². The largest absolute Gasteiger partial charge is 0.497 e. The first-order chi connectivity index (χ1) is 20.3. The molecule has 0 fully saturated rings. The van der Waals surface area contributed by atoms with E-state index in [0.717, 1.165) is 15.8 Å². The molecule has 1 aliphatic heterocycles. The van der Waals surface area contributed by atoms with E-state index in [2.05, 4.69) is 20.9 Å². The summed E-state index contributed by atoms with van der Waals surface area (Å²) in [6.45, 7) is 4.17. The van der Waals surface area contributed by atoms with Gasteiger partial charge in [0.25, 0.3) is 5.56 Å². The highest BCUT2D eigenvalue weighted by molar-refractivity contribution is 9.11. The van der Waals surface area contributed by atoms with Crippen LogP contribution in [0.3, 0.4) is 0 Å². The third-order valence-corrected chi connectivity index (χ3v) is 8.75. The molecule has 1 aliphatic carbocycles. The van der Waals surface area contributed by atoms with Gasteiger partial charge in [-0.25, -0.2) is 9.79 Å². The van der Waals surface area contributed by atoms with E-state index in [-0.39, 0.29) is 18.1 Å². The Morgan fingerprint density at radius 3 is 2.64 bits per heavy atom. The first kappa shape index (κ1) is 29.6. The topological polar surface area (TPSA) is 88.4 Å². The number of hydrogen-bond acceptors (Lipinski definition) is 8. The molecule has 0 saturated carbocycles. The van der Waals surface area contributed by atoms with Crippen molar-refractivity contribution < 1.29 is 23.7 Å². The van der Waals surface area contributed by atoms with Gasteiger partial charge in [0.2, 0.25) is 0 Å². The monoisotopic (exact) mass is 650 g/mol. The Bertz CT molecular complexity index is 1770. The van der Waals surface area contributed by atoms with Crippen molar-refractivity contribution in [3.63, 3.8) is 0 Å². The van der Waals surface area contributed by atoms with Crippen LogP contribution in [-0.4, -0.2) is 31.4 Å². The number of benzene rings is 2. The van der Waals surface area contributed by atoms with E-state index >= 15 is 0 Å². The summed E-state index contributed by atoms with van der Waals surface area (Å²) in [7, 11) is 3.11. The lowest BCUT2D eigenvalue weighted by Gasteiger charge is -2.26. The van der Waals surface area contributed by atoms with Crippen LogP contribution in [0, 0.1) is 5.92 Å². The van der Waals surface area contributed by atoms with Crippen LogP contribution in [0.4, 0.5) is 0 Å². The van der Waals surface area contributed by atoms with Gasteiger partial charge in [-0.1, -0.05) is 69.8 Å². The van der Waals surface area contributed by atoms with Gasteiger partial charge in [-0.05, 0) is 44.0 Å². The van der Waals surface area contributed by atoms with Crippen LogP contribution in [-0.2, 0) is 20.9 Å². The molecule has 218 valence electrons. The van der Waals surface area contributed by atoms with Crippen molar-refractivity contribution in [1.29, 1.82) is 0 Å². The van der Waals surface area contributed by atoms with Gasteiger partial charge in [0.05, 0.1) is 36.6 Å². The minimum atomic E-state index is -0.783. The standard InChI is InChI=1S/C32H31BrN2O6S/c1-5-40-31(37)28-19(2)34-32-35(29(28)23-13-12-22(38-3)17-26(23)39-4)30(36)27(42-32)16-21-11-14-25(24(33)15-21)41-18-20-9-7-6-8-10-20/h6-14,16-17,21,29H,5,15,18H2,1-4H3/b27-16-/t21-,29-/m1/s1. The fraction of sp³-hybridized carbons (Fsp3) is 0.281. The van der Waals surface area contributed by atoms with Crippen LogP contribution in [0.15, 0.2) is 92.0 Å². The summed E-state index contributed by atoms with van der Waals surface area (Å²) in [6.07, 6.45) is 6.55. The molecule has 0 bridgehead atoms. The normalized spacial score (nSPS) is 18.5. The van der Waals surface area contributed by atoms with Gasteiger partial charge in [0.15, 0.2) is 4.80 Å². The van der Waals surface area contributed by atoms with E-state index in [1.807, 2.05) is 48.6 Å². The molecule has 0 spiro atoms. The van der Waals surface area contributed by atoms with Crippen molar-refractivity contribution in [3.8, 4) is 11.5 Å². The SMILES string of the molecule is CCOC(=O)C1=C(C)N=c2s/c(=C\[C@@H]3C=CC(OCc4ccccc4)=C(Br)C3)c(=O)n2[C@@H]1c1ccc(OC)cc1OC. The number of rotatable bonds is 9. The second kappa shape index (κ2) is 13.0. The molecule has 2 aliphatic rings. The maximum atomic E-state index is 14.0. The van der Waals surface area contributed by atoms with Gasteiger partial charge >= 0.3 is 5.97 Å². The third kappa shape index (κ3) is 6.00. The molecule has 0 N–H and O–H groups in total. The number of ether oxygens (including phenoxy) is 4. The summed E-state index contributed by atoms with van der Waals surface area (Å²) >= 11 is 4.97. The van der Waals surface area contributed by atoms with Gasteiger partial charge in [0.1, 0.15) is 29.9 Å². The number of esters is 1. The maximum Gasteiger partial charge on any atom is 0.338 e. The molecule has 8 nitrogen and oxygen atoms in total. The van der Waals surface area contributed by atoms with Crippen molar-refractivity contribution in [3.05, 3.63) is 113 Å². The van der Waals surface area contributed by atoms with E-state index in [9.17, 15) is 9.59 Å². The highest BCUT2D eigenvalue weighted by Gasteiger charge is 2.35. The Balaban J connectivity index is 1.52. The quantitative estimate of drug-likeness (QED) is 0.297. The zero-order valence-corrected chi connectivity index (χ0v) is 26.2. The summed E-state index contributed by atoms with van der Waals surface area (Å²) in [6, 6.07) is 14.5. The van der Waals surface area contributed by atoms with Crippen LogP contribution >= 0.6 is 27.3 Å². The molecule has 42 heavy (non-hydrogen) atoms. The van der Waals surface area contributed by atoms with Gasteiger partial charge < -0.3 is 18.9 Å². The summed E-state index contributed by atoms with van der Waals surface area (Å²) in [5.74, 6) is 1.29. The lowest BCUT2D eigenvalue weighted by atomic mass is 9.95. The van der Waals surface area contributed by atoms with Gasteiger partial charge in [0, 0.05) is 22.0 Å². The van der Waals surface area contributed by atoms with Gasteiger partial charge in [-0.2, -0.15) is 0 Å². The van der Waals surface area contributed by atoms with Crippen LogP contribution < -0.4 is 24.4 Å². The number of nitrogens with zero attached hydrogens (tertiary/aromatic N) is 2. The maximum absolute atomic E-state index is 14.0. The van der Waals surface area contributed by atoms with Crippen molar-refractivity contribution in [1.82, 2.24) is 4.57 Å². The molecule has 0 unspecified atom stereocenters. The van der Waals surface area contributed by atoms with Crippen LogP contribution in [0.25, 0.3) is 6.08 Å². The lowest BCUT2D eigenvalue weighted by Crippen LogP contribution is -2.40. The number of halogens is 1. The summed E-state index contributed by atoms with van der Waals surface area (Å²) in [5.41, 5.74) is 2.26. The molecule has 1 aromatic heterocycles. The predicted octanol–water partition coefficient (Wildman–Crippen LogP) is 5.17. The van der Waals surface area contributed by atoms with E-state index in [0.29, 0.717) is 50.7 Å². The summed E-state index contributed by atoms with van der Waals surface area (Å²) < 4.78 is 25.5. The number of carbonyl (C=O) groups is 1. The number of thiazole rings is 1. The molecule has 3 aromatic rings. The van der Waals surface area contributed by atoms with E-state index in [4.69, 9.17) is 18.9 Å². The average Bonchev–Trinajstić information content (AvgIpc) is 3.30. The van der Waals surface area contributed by atoms with Gasteiger partial charge in [-0.3, -0.25) is 9.36 Å². The molecular formula is C32H31BrN2O6S. The van der Waals surface area contributed by atoms with Gasteiger partial charge in [-0.15, -0.1) is 0 Å². The number of allylic oxidation sites excluding steroid dienone is 4. The smallest absolute Gasteiger partial charge is 0.338 e. The van der Waals surface area contributed by atoms with E-state index < -0.39 is 12.0 Å².